The number of benzene rings is 1. The fourth-order valence-corrected chi connectivity index (χ4v) is 2.03. The lowest BCUT2D eigenvalue weighted by Crippen LogP contribution is -2.25. The lowest BCUT2D eigenvalue weighted by atomic mass is 10.2. The van der Waals surface area contributed by atoms with E-state index in [-0.39, 0.29) is 6.29 Å². The molecular formula is C14H20O4. The quantitative estimate of drug-likeness (QED) is 0.825. The van der Waals surface area contributed by atoms with Crippen LogP contribution in [0.4, 0.5) is 0 Å². The van der Waals surface area contributed by atoms with E-state index in [2.05, 4.69) is 0 Å². The minimum atomic E-state index is -0.143. The Bertz CT molecular complexity index is 397. The topological polar surface area (TPSA) is 36.9 Å². The van der Waals surface area contributed by atoms with Crippen molar-refractivity contribution in [2.75, 3.05) is 20.8 Å². The van der Waals surface area contributed by atoms with Gasteiger partial charge in [-0.25, -0.2) is 0 Å². The first-order valence-electron chi connectivity index (χ1n) is 6.25. The smallest absolute Gasteiger partial charge is 0.199 e. The molecule has 4 heteroatoms. The molecule has 1 aliphatic heterocycles. The van der Waals surface area contributed by atoms with Crippen molar-refractivity contribution in [1.82, 2.24) is 0 Å². The van der Waals surface area contributed by atoms with E-state index in [1.54, 1.807) is 14.2 Å². The lowest BCUT2D eigenvalue weighted by Gasteiger charge is -2.24. The molecule has 1 aromatic rings. The van der Waals surface area contributed by atoms with Gasteiger partial charge in [0, 0.05) is 12.5 Å². The van der Waals surface area contributed by atoms with Crippen LogP contribution in [0.25, 0.3) is 0 Å². The third-order valence-corrected chi connectivity index (χ3v) is 3.08. The highest BCUT2D eigenvalue weighted by molar-refractivity contribution is 5.50. The predicted molar refractivity (Wildman–Crippen MR) is 68.5 cm³/mol. The van der Waals surface area contributed by atoms with E-state index in [9.17, 15) is 0 Å². The monoisotopic (exact) mass is 252 g/mol. The van der Waals surface area contributed by atoms with Crippen LogP contribution in [0, 0.1) is 6.92 Å². The summed E-state index contributed by atoms with van der Waals surface area (Å²) in [6.45, 7) is 2.76. The highest BCUT2D eigenvalue weighted by Gasteiger charge is 2.17. The van der Waals surface area contributed by atoms with Crippen molar-refractivity contribution in [2.24, 2.45) is 0 Å². The van der Waals surface area contributed by atoms with Gasteiger partial charge in [-0.2, -0.15) is 0 Å². The van der Waals surface area contributed by atoms with Crippen molar-refractivity contribution in [3.8, 4) is 17.2 Å². The average molecular weight is 252 g/mol. The van der Waals surface area contributed by atoms with E-state index < -0.39 is 0 Å². The molecule has 1 saturated heterocycles. The molecule has 0 aliphatic carbocycles. The standard InChI is InChI=1S/C14H20O4/c1-10-8-12(15-2)13(16-3)9-11(10)18-14-6-4-5-7-17-14/h8-9,14H,4-7H2,1-3H3. The van der Waals surface area contributed by atoms with Gasteiger partial charge in [-0.15, -0.1) is 0 Å². The molecule has 4 nitrogen and oxygen atoms in total. The number of ether oxygens (including phenoxy) is 4. The summed E-state index contributed by atoms with van der Waals surface area (Å²) < 4.78 is 22.0. The van der Waals surface area contributed by atoms with Gasteiger partial charge in [-0.1, -0.05) is 0 Å². The van der Waals surface area contributed by atoms with Crippen LogP contribution < -0.4 is 14.2 Å². The third-order valence-electron chi connectivity index (χ3n) is 3.08. The summed E-state index contributed by atoms with van der Waals surface area (Å²) >= 11 is 0. The molecule has 1 aromatic carbocycles. The molecule has 1 heterocycles. The van der Waals surface area contributed by atoms with E-state index in [0.29, 0.717) is 11.5 Å². The van der Waals surface area contributed by atoms with Crippen molar-refractivity contribution >= 4 is 0 Å². The number of hydrogen-bond donors (Lipinski definition) is 0. The van der Waals surface area contributed by atoms with Crippen LogP contribution in [0.2, 0.25) is 0 Å². The molecule has 0 spiro atoms. The summed E-state index contributed by atoms with van der Waals surface area (Å²) in [5, 5.41) is 0. The molecule has 1 aliphatic rings. The number of methoxy groups -OCH3 is 2. The zero-order valence-electron chi connectivity index (χ0n) is 11.2. The Hall–Kier alpha value is -1.42. The molecule has 18 heavy (non-hydrogen) atoms. The molecule has 0 bridgehead atoms. The molecule has 1 fully saturated rings. The van der Waals surface area contributed by atoms with Crippen LogP contribution in [0.1, 0.15) is 24.8 Å². The fraction of sp³-hybridized carbons (Fsp3) is 0.571. The summed E-state index contributed by atoms with van der Waals surface area (Å²) in [7, 11) is 3.25. The van der Waals surface area contributed by atoms with Crippen molar-refractivity contribution in [2.45, 2.75) is 32.5 Å². The van der Waals surface area contributed by atoms with Crippen LogP contribution in [0.5, 0.6) is 17.2 Å². The van der Waals surface area contributed by atoms with Gasteiger partial charge in [-0.05, 0) is 31.4 Å². The molecule has 0 radical (unpaired) electrons. The highest BCUT2D eigenvalue weighted by Crippen LogP contribution is 2.35. The maximum atomic E-state index is 5.87. The summed E-state index contributed by atoms with van der Waals surface area (Å²) in [6, 6.07) is 3.77. The van der Waals surface area contributed by atoms with Gasteiger partial charge in [0.15, 0.2) is 17.8 Å². The zero-order valence-corrected chi connectivity index (χ0v) is 11.2. The summed E-state index contributed by atoms with van der Waals surface area (Å²) in [4.78, 5) is 0. The Kier molecular flexibility index (Phi) is 4.31. The zero-order chi connectivity index (χ0) is 13.0. The van der Waals surface area contributed by atoms with Crippen LogP contribution in [-0.2, 0) is 4.74 Å². The summed E-state index contributed by atoms with van der Waals surface area (Å²) in [5.74, 6) is 2.18. The second-order valence-corrected chi connectivity index (χ2v) is 4.39. The SMILES string of the molecule is COc1cc(C)c(OC2CCCCO2)cc1OC. The molecule has 0 N–H and O–H groups in total. The van der Waals surface area contributed by atoms with E-state index in [4.69, 9.17) is 18.9 Å². The van der Waals surface area contributed by atoms with Gasteiger partial charge in [0.1, 0.15) is 5.75 Å². The largest absolute Gasteiger partial charge is 0.493 e. The molecule has 1 atom stereocenters. The molecule has 1 unspecified atom stereocenters. The predicted octanol–water partition coefficient (Wildman–Crippen LogP) is 2.92. The molecular weight excluding hydrogens is 232 g/mol. The first kappa shape index (κ1) is 13.0. The van der Waals surface area contributed by atoms with Crippen molar-refractivity contribution in [3.05, 3.63) is 17.7 Å². The maximum absolute atomic E-state index is 5.87. The van der Waals surface area contributed by atoms with Crippen molar-refractivity contribution in [3.63, 3.8) is 0 Å². The molecule has 0 aromatic heterocycles. The first-order chi connectivity index (χ1) is 8.74. The Labute approximate surface area is 108 Å². The minimum absolute atomic E-state index is 0.143. The Balaban J connectivity index is 2.16. The van der Waals surface area contributed by atoms with Gasteiger partial charge in [0.2, 0.25) is 0 Å². The average Bonchev–Trinajstić information content (AvgIpc) is 2.41. The third kappa shape index (κ3) is 2.88. The van der Waals surface area contributed by atoms with Crippen molar-refractivity contribution < 1.29 is 18.9 Å². The first-order valence-corrected chi connectivity index (χ1v) is 6.25. The minimum Gasteiger partial charge on any atom is -0.493 e. The van der Waals surface area contributed by atoms with E-state index in [1.165, 1.54) is 0 Å². The second kappa shape index (κ2) is 5.96. The molecule has 0 amide bonds. The Morgan fingerprint density at radius 3 is 2.39 bits per heavy atom. The van der Waals surface area contributed by atoms with Gasteiger partial charge < -0.3 is 18.9 Å². The fourth-order valence-electron chi connectivity index (χ4n) is 2.03. The van der Waals surface area contributed by atoms with Crippen LogP contribution in [0.15, 0.2) is 12.1 Å². The van der Waals surface area contributed by atoms with Gasteiger partial charge >= 0.3 is 0 Å². The molecule has 100 valence electrons. The summed E-state index contributed by atoms with van der Waals surface area (Å²) in [6.07, 6.45) is 3.06. The van der Waals surface area contributed by atoms with E-state index in [0.717, 1.165) is 37.2 Å². The van der Waals surface area contributed by atoms with Gasteiger partial charge in [0.25, 0.3) is 0 Å². The molecule has 0 saturated carbocycles. The van der Waals surface area contributed by atoms with E-state index in [1.807, 2.05) is 19.1 Å². The Morgan fingerprint density at radius 1 is 1.06 bits per heavy atom. The summed E-state index contributed by atoms with van der Waals surface area (Å²) in [5.41, 5.74) is 1.02. The van der Waals surface area contributed by atoms with Gasteiger partial charge in [0.05, 0.1) is 20.8 Å². The maximum Gasteiger partial charge on any atom is 0.199 e. The second-order valence-electron chi connectivity index (χ2n) is 4.39. The van der Waals surface area contributed by atoms with E-state index >= 15 is 0 Å². The normalized spacial score (nSPS) is 19.4. The van der Waals surface area contributed by atoms with Crippen LogP contribution in [-0.4, -0.2) is 27.1 Å². The lowest BCUT2D eigenvalue weighted by molar-refractivity contribution is -0.106. The molecule has 2 rings (SSSR count). The number of hydrogen-bond acceptors (Lipinski definition) is 4. The van der Waals surface area contributed by atoms with Crippen molar-refractivity contribution in [1.29, 1.82) is 0 Å². The number of rotatable bonds is 4. The van der Waals surface area contributed by atoms with Gasteiger partial charge in [-0.3, -0.25) is 0 Å². The van der Waals surface area contributed by atoms with Crippen LogP contribution in [0.3, 0.4) is 0 Å². The Morgan fingerprint density at radius 2 is 1.78 bits per heavy atom. The van der Waals surface area contributed by atoms with Crippen LogP contribution >= 0.6 is 0 Å². The number of aryl methyl sites for hydroxylation is 1. The highest BCUT2D eigenvalue weighted by atomic mass is 16.7.